The largest absolute Gasteiger partial charge is 0.480 e. The first-order valence-corrected chi connectivity index (χ1v) is 7.96. The van der Waals surface area contributed by atoms with Gasteiger partial charge in [0, 0.05) is 0 Å². The number of aryl methyl sites for hydroxylation is 1. The standard InChI is InChI=1S/C15H14ClNO3S/c1-11-7-9-12(10-8-11)21(18,19)17-15(20-2)13-5-3-4-6-14(13)16/h3-10H,1-2H3/b17-15+. The summed E-state index contributed by atoms with van der Waals surface area (Å²) in [5.74, 6) is -0.0406. The third kappa shape index (κ3) is 3.62. The predicted octanol–water partition coefficient (Wildman–Crippen LogP) is 3.43. The summed E-state index contributed by atoms with van der Waals surface area (Å²) in [6.07, 6.45) is 0. The first kappa shape index (κ1) is 15.5. The average molecular weight is 324 g/mol. The lowest BCUT2D eigenvalue weighted by molar-refractivity contribution is 0.405. The van der Waals surface area contributed by atoms with Crippen molar-refractivity contribution in [2.24, 2.45) is 4.40 Å². The van der Waals surface area contributed by atoms with Crippen LogP contribution in [0.1, 0.15) is 11.1 Å². The van der Waals surface area contributed by atoms with E-state index in [4.69, 9.17) is 16.3 Å². The molecule has 2 rings (SSSR count). The Labute approximate surface area is 129 Å². The molecule has 0 aromatic heterocycles. The Morgan fingerprint density at radius 2 is 1.71 bits per heavy atom. The zero-order valence-electron chi connectivity index (χ0n) is 11.6. The van der Waals surface area contributed by atoms with Gasteiger partial charge < -0.3 is 4.74 Å². The molecule has 0 amide bonds. The number of hydrogen-bond donors (Lipinski definition) is 0. The number of ether oxygens (including phenoxy) is 1. The van der Waals surface area contributed by atoms with Gasteiger partial charge in [-0.15, -0.1) is 4.40 Å². The van der Waals surface area contributed by atoms with Crippen molar-refractivity contribution >= 4 is 27.5 Å². The molecule has 110 valence electrons. The molecule has 6 heteroatoms. The Kier molecular flexibility index (Phi) is 4.65. The van der Waals surface area contributed by atoms with Crippen molar-refractivity contribution in [2.45, 2.75) is 11.8 Å². The van der Waals surface area contributed by atoms with Crippen LogP contribution in [-0.4, -0.2) is 21.4 Å². The van der Waals surface area contributed by atoms with Crippen LogP contribution < -0.4 is 0 Å². The predicted molar refractivity (Wildman–Crippen MR) is 83.4 cm³/mol. The Morgan fingerprint density at radius 3 is 2.29 bits per heavy atom. The van der Waals surface area contributed by atoms with Crippen molar-refractivity contribution in [1.29, 1.82) is 0 Å². The molecule has 0 fully saturated rings. The van der Waals surface area contributed by atoms with Gasteiger partial charge in [-0.3, -0.25) is 0 Å². The zero-order chi connectivity index (χ0) is 15.5. The first-order valence-electron chi connectivity index (χ1n) is 6.14. The van der Waals surface area contributed by atoms with E-state index >= 15 is 0 Å². The molecule has 0 aliphatic heterocycles. The summed E-state index contributed by atoms with van der Waals surface area (Å²) in [7, 11) is -2.49. The Bertz CT molecular complexity index is 768. The lowest BCUT2D eigenvalue weighted by Gasteiger charge is -2.07. The Hall–Kier alpha value is -1.85. The van der Waals surface area contributed by atoms with E-state index in [1.807, 2.05) is 6.92 Å². The van der Waals surface area contributed by atoms with Gasteiger partial charge in [0.05, 0.1) is 22.6 Å². The lowest BCUT2D eigenvalue weighted by Crippen LogP contribution is -2.09. The number of nitrogens with zero attached hydrogens (tertiary/aromatic N) is 1. The van der Waals surface area contributed by atoms with Crippen molar-refractivity contribution in [3.8, 4) is 0 Å². The van der Waals surface area contributed by atoms with Gasteiger partial charge in [0.1, 0.15) is 0 Å². The molecule has 0 spiro atoms. The smallest absolute Gasteiger partial charge is 0.285 e. The van der Waals surface area contributed by atoms with Crippen LogP contribution in [-0.2, 0) is 14.8 Å². The Balaban J connectivity index is 2.49. The number of benzene rings is 2. The van der Waals surface area contributed by atoms with E-state index in [-0.39, 0.29) is 10.8 Å². The van der Waals surface area contributed by atoms with Gasteiger partial charge in [-0.25, -0.2) is 0 Å². The van der Waals surface area contributed by atoms with Crippen molar-refractivity contribution in [3.05, 3.63) is 64.7 Å². The summed E-state index contributed by atoms with van der Waals surface area (Å²) in [6, 6.07) is 13.2. The number of methoxy groups -OCH3 is 1. The van der Waals surface area contributed by atoms with Gasteiger partial charge in [0.25, 0.3) is 10.0 Å². The topological polar surface area (TPSA) is 55.7 Å². The van der Waals surface area contributed by atoms with E-state index in [0.29, 0.717) is 10.6 Å². The average Bonchev–Trinajstić information content (AvgIpc) is 2.46. The molecular weight excluding hydrogens is 310 g/mol. The van der Waals surface area contributed by atoms with E-state index < -0.39 is 10.0 Å². The van der Waals surface area contributed by atoms with Gasteiger partial charge in [0.2, 0.25) is 5.90 Å². The van der Waals surface area contributed by atoms with Gasteiger partial charge in [-0.1, -0.05) is 41.4 Å². The van der Waals surface area contributed by atoms with Crippen LogP contribution >= 0.6 is 11.6 Å². The molecule has 0 saturated carbocycles. The summed E-state index contributed by atoms with van der Waals surface area (Å²) in [4.78, 5) is 0.106. The van der Waals surface area contributed by atoms with Crippen LogP contribution in [0.4, 0.5) is 0 Å². The molecular formula is C15H14ClNO3S. The quantitative estimate of drug-likeness (QED) is 0.642. The van der Waals surface area contributed by atoms with Crippen molar-refractivity contribution < 1.29 is 13.2 Å². The molecule has 0 bridgehead atoms. The molecule has 2 aromatic rings. The second kappa shape index (κ2) is 6.28. The van der Waals surface area contributed by atoms with Gasteiger partial charge in [-0.2, -0.15) is 8.42 Å². The minimum Gasteiger partial charge on any atom is -0.480 e. The van der Waals surface area contributed by atoms with Crippen molar-refractivity contribution in [3.63, 3.8) is 0 Å². The number of sulfonamides is 1. The number of hydrogen-bond acceptors (Lipinski definition) is 3. The minimum atomic E-state index is -3.85. The highest BCUT2D eigenvalue weighted by atomic mass is 35.5. The normalized spacial score (nSPS) is 12.2. The first-order chi connectivity index (χ1) is 9.94. The molecule has 0 radical (unpaired) electrons. The van der Waals surface area contributed by atoms with Crippen LogP contribution in [0.3, 0.4) is 0 Å². The molecule has 4 nitrogen and oxygen atoms in total. The monoisotopic (exact) mass is 323 g/mol. The fourth-order valence-electron chi connectivity index (χ4n) is 1.70. The number of rotatable bonds is 3. The van der Waals surface area contributed by atoms with Crippen LogP contribution in [0.5, 0.6) is 0 Å². The molecule has 0 atom stereocenters. The zero-order valence-corrected chi connectivity index (χ0v) is 13.1. The lowest BCUT2D eigenvalue weighted by atomic mass is 10.2. The number of halogens is 1. The molecule has 0 saturated heterocycles. The van der Waals surface area contributed by atoms with E-state index in [9.17, 15) is 8.42 Å². The van der Waals surface area contributed by atoms with E-state index in [1.54, 1.807) is 36.4 Å². The van der Waals surface area contributed by atoms with E-state index in [2.05, 4.69) is 4.40 Å². The van der Waals surface area contributed by atoms with Crippen LogP contribution in [0, 0.1) is 6.92 Å². The molecule has 0 unspecified atom stereocenters. The van der Waals surface area contributed by atoms with Gasteiger partial charge >= 0.3 is 0 Å². The fraction of sp³-hybridized carbons (Fsp3) is 0.133. The van der Waals surface area contributed by atoms with E-state index in [0.717, 1.165) is 5.56 Å². The Morgan fingerprint density at radius 1 is 1.10 bits per heavy atom. The maximum Gasteiger partial charge on any atom is 0.285 e. The maximum absolute atomic E-state index is 12.3. The molecule has 0 aliphatic rings. The molecule has 0 N–H and O–H groups in total. The summed E-state index contributed by atoms with van der Waals surface area (Å²) < 4.78 is 33.4. The molecule has 0 heterocycles. The second-order valence-corrected chi connectivity index (χ2v) is 6.38. The summed E-state index contributed by atoms with van der Waals surface area (Å²) >= 11 is 6.04. The molecule has 2 aromatic carbocycles. The fourth-order valence-corrected chi connectivity index (χ4v) is 2.90. The van der Waals surface area contributed by atoms with Crippen LogP contribution in [0.2, 0.25) is 5.02 Å². The van der Waals surface area contributed by atoms with E-state index in [1.165, 1.54) is 19.2 Å². The van der Waals surface area contributed by atoms with Gasteiger partial charge in [0.15, 0.2) is 0 Å². The molecule has 21 heavy (non-hydrogen) atoms. The van der Waals surface area contributed by atoms with Crippen LogP contribution in [0.15, 0.2) is 57.8 Å². The van der Waals surface area contributed by atoms with Crippen molar-refractivity contribution in [2.75, 3.05) is 7.11 Å². The highest BCUT2D eigenvalue weighted by Crippen LogP contribution is 2.19. The van der Waals surface area contributed by atoms with Gasteiger partial charge in [-0.05, 0) is 31.2 Å². The highest BCUT2D eigenvalue weighted by Gasteiger charge is 2.17. The third-order valence-corrected chi connectivity index (χ3v) is 4.42. The summed E-state index contributed by atoms with van der Waals surface area (Å²) in [5, 5.41) is 0.372. The second-order valence-electron chi connectivity index (χ2n) is 4.37. The SMILES string of the molecule is CO/C(=N/S(=O)(=O)c1ccc(C)cc1)c1ccccc1Cl. The maximum atomic E-state index is 12.3. The third-order valence-electron chi connectivity index (χ3n) is 2.82. The minimum absolute atomic E-state index is 0.0406. The summed E-state index contributed by atoms with van der Waals surface area (Å²) in [5.41, 5.74) is 1.40. The highest BCUT2D eigenvalue weighted by molar-refractivity contribution is 7.90. The molecule has 0 aliphatic carbocycles. The van der Waals surface area contributed by atoms with Crippen molar-refractivity contribution in [1.82, 2.24) is 0 Å². The summed E-state index contributed by atoms with van der Waals surface area (Å²) in [6.45, 7) is 1.88. The van der Waals surface area contributed by atoms with Crippen LogP contribution in [0.25, 0.3) is 0 Å².